The lowest BCUT2D eigenvalue weighted by Crippen LogP contribution is -2.27. The molecule has 0 fully saturated rings. The molecule has 0 aliphatic heterocycles. The average molecular weight is 449 g/mol. The van der Waals surface area contributed by atoms with Crippen LogP contribution < -0.4 is 14.9 Å². The van der Waals surface area contributed by atoms with E-state index in [-0.39, 0.29) is 18.4 Å². The van der Waals surface area contributed by atoms with E-state index in [0.29, 0.717) is 33.7 Å². The van der Waals surface area contributed by atoms with Gasteiger partial charge >= 0.3 is 0 Å². The molecule has 148 valence electrons. The minimum atomic E-state index is -0.343. The first kappa shape index (κ1) is 21.4. The first-order chi connectivity index (χ1) is 13.4. The number of rotatable bonds is 8. The first-order valence-corrected chi connectivity index (χ1v) is 9.24. The van der Waals surface area contributed by atoms with E-state index in [1.165, 1.54) is 23.5 Å². The summed E-state index contributed by atoms with van der Waals surface area (Å²) >= 11 is 3.43. The Labute approximate surface area is 171 Å². The SMILES string of the molecule is CCOc1cc(/C=N/NC(=O)c2ccncc2)cc(Br)c1OCC(=O)N(C)C. The molecule has 0 unspecified atom stereocenters. The fourth-order valence-electron chi connectivity index (χ4n) is 2.06. The predicted molar refractivity (Wildman–Crippen MR) is 109 cm³/mol. The quantitative estimate of drug-likeness (QED) is 0.494. The van der Waals surface area contributed by atoms with Crippen LogP contribution in [-0.2, 0) is 4.79 Å². The predicted octanol–water partition coefficient (Wildman–Crippen LogP) is 2.47. The van der Waals surface area contributed by atoms with Crippen LogP contribution in [0, 0.1) is 0 Å². The molecule has 2 aromatic rings. The van der Waals surface area contributed by atoms with E-state index >= 15 is 0 Å². The van der Waals surface area contributed by atoms with Gasteiger partial charge in [-0.1, -0.05) is 0 Å². The third kappa shape index (κ3) is 6.05. The van der Waals surface area contributed by atoms with Gasteiger partial charge in [0.15, 0.2) is 18.1 Å². The Hall–Kier alpha value is -2.94. The molecular weight excluding hydrogens is 428 g/mol. The number of pyridine rings is 1. The van der Waals surface area contributed by atoms with Crippen molar-refractivity contribution < 1.29 is 19.1 Å². The maximum Gasteiger partial charge on any atom is 0.271 e. The van der Waals surface area contributed by atoms with Crippen molar-refractivity contribution in [3.63, 3.8) is 0 Å². The van der Waals surface area contributed by atoms with Gasteiger partial charge in [-0.05, 0) is 52.7 Å². The Morgan fingerprint density at radius 2 is 1.96 bits per heavy atom. The maximum atomic E-state index is 12.0. The molecule has 0 saturated heterocycles. The molecule has 0 aliphatic carbocycles. The summed E-state index contributed by atoms with van der Waals surface area (Å²) < 4.78 is 11.8. The van der Waals surface area contributed by atoms with Gasteiger partial charge < -0.3 is 14.4 Å². The van der Waals surface area contributed by atoms with Gasteiger partial charge in [-0.25, -0.2) is 5.43 Å². The lowest BCUT2D eigenvalue weighted by Gasteiger charge is -2.16. The Bertz CT molecular complexity index is 857. The van der Waals surface area contributed by atoms with Crippen molar-refractivity contribution >= 4 is 34.0 Å². The van der Waals surface area contributed by atoms with E-state index in [1.807, 2.05) is 6.92 Å². The zero-order valence-corrected chi connectivity index (χ0v) is 17.4. The highest BCUT2D eigenvalue weighted by Gasteiger charge is 2.14. The third-order valence-corrected chi connectivity index (χ3v) is 4.08. The molecule has 8 nitrogen and oxygen atoms in total. The fourth-order valence-corrected chi connectivity index (χ4v) is 2.64. The maximum absolute atomic E-state index is 12.0. The molecule has 0 spiro atoms. The molecule has 0 radical (unpaired) electrons. The Morgan fingerprint density at radius 1 is 1.25 bits per heavy atom. The molecule has 1 heterocycles. The summed E-state index contributed by atoms with van der Waals surface area (Å²) in [6, 6.07) is 6.65. The van der Waals surface area contributed by atoms with Gasteiger partial charge in [-0.3, -0.25) is 14.6 Å². The number of carbonyl (C=O) groups is 2. The van der Waals surface area contributed by atoms with Crippen LogP contribution in [0.4, 0.5) is 0 Å². The van der Waals surface area contributed by atoms with Crippen molar-refractivity contribution in [3.05, 3.63) is 52.3 Å². The Balaban J connectivity index is 2.12. The van der Waals surface area contributed by atoms with Gasteiger partial charge in [0, 0.05) is 32.1 Å². The number of hydrogen-bond acceptors (Lipinski definition) is 6. The van der Waals surface area contributed by atoms with E-state index < -0.39 is 0 Å². The minimum absolute atomic E-state index is 0.110. The molecule has 28 heavy (non-hydrogen) atoms. The van der Waals surface area contributed by atoms with Gasteiger partial charge in [0.25, 0.3) is 11.8 Å². The van der Waals surface area contributed by atoms with E-state index in [9.17, 15) is 9.59 Å². The molecule has 0 bridgehead atoms. The topological polar surface area (TPSA) is 93.1 Å². The summed E-state index contributed by atoms with van der Waals surface area (Å²) in [4.78, 5) is 29.1. The zero-order valence-electron chi connectivity index (χ0n) is 15.8. The second-order valence-electron chi connectivity index (χ2n) is 5.77. The second kappa shape index (κ2) is 10.4. The number of hydrazone groups is 1. The number of benzene rings is 1. The number of nitrogens with zero attached hydrogens (tertiary/aromatic N) is 3. The molecule has 2 amide bonds. The third-order valence-electron chi connectivity index (χ3n) is 3.49. The number of halogens is 1. The van der Waals surface area contributed by atoms with Crippen molar-refractivity contribution in [1.82, 2.24) is 15.3 Å². The monoisotopic (exact) mass is 448 g/mol. The van der Waals surface area contributed by atoms with Crippen LogP contribution in [0.25, 0.3) is 0 Å². The Morgan fingerprint density at radius 3 is 2.61 bits per heavy atom. The largest absolute Gasteiger partial charge is 0.490 e. The van der Waals surface area contributed by atoms with E-state index in [0.717, 1.165) is 0 Å². The van der Waals surface area contributed by atoms with E-state index in [1.54, 1.807) is 38.4 Å². The summed E-state index contributed by atoms with van der Waals surface area (Å²) in [7, 11) is 3.31. The number of amides is 2. The minimum Gasteiger partial charge on any atom is -0.490 e. The first-order valence-electron chi connectivity index (χ1n) is 8.45. The zero-order chi connectivity index (χ0) is 20.5. The van der Waals surface area contributed by atoms with Crippen LogP contribution in [0.3, 0.4) is 0 Å². The highest BCUT2D eigenvalue weighted by atomic mass is 79.9. The van der Waals surface area contributed by atoms with Crippen LogP contribution in [0.5, 0.6) is 11.5 Å². The lowest BCUT2D eigenvalue weighted by molar-refractivity contribution is -0.130. The van der Waals surface area contributed by atoms with E-state index in [4.69, 9.17) is 9.47 Å². The molecule has 0 atom stereocenters. The summed E-state index contributed by atoms with van der Waals surface area (Å²) in [6.45, 7) is 2.16. The molecular formula is C19H21BrN4O4. The number of carbonyl (C=O) groups excluding carboxylic acids is 2. The summed E-state index contributed by atoms with van der Waals surface area (Å²) in [5.74, 6) is 0.379. The fraction of sp³-hybridized carbons (Fsp3) is 0.263. The molecule has 0 saturated carbocycles. The number of hydrogen-bond donors (Lipinski definition) is 1. The smallest absolute Gasteiger partial charge is 0.271 e. The summed E-state index contributed by atoms with van der Waals surface area (Å²) in [5.41, 5.74) is 3.58. The molecule has 1 aromatic heterocycles. The van der Waals surface area contributed by atoms with Crippen LogP contribution >= 0.6 is 15.9 Å². The standard InChI is InChI=1S/C19H21BrN4O4/c1-4-27-16-10-13(9-15(20)18(16)28-12-17(25)24(2)3)11-22-23-19(26)14-5-7-21-8-6-14/h5-11H,4,12H2,1-3H3,(H,23,26)/b22-11+. The summed E-state index contributed by atoms with van der Waals surface area (Å²) in [5, 5.41) is 3.96. The van der Waals surface area contributed by atoms with Crippen LogP contribution in [0.2, 0.25) is 0 Å². The number of nitrogens with one attached hydrogen (secondary N) is 1. The normalized spacial score (nSPS) is 10.6. The number of ether oxygens (including phenoxy) is 2. The Kier molecular flexibility index (Phi) is 7.94. The van der Waals surface area contributed by atoms with Crippen molar-refractivity contribution in [2.45, 2.75) is 6.92 Å². The van der Waals surface area contributed by atoms with Gasteiger partial charge in [-0.2, -0.15) is 5.10 Å². The summed E-state index contributed by atoms with van der Waals surface area (Å²) in [6.07, 6.45) is 4.55. The molecule has 1 aromatic carbocycles. The molecule has 0 aliphatic rings. The van der Waals surface area contributed by atoms with E-state index in [2.05, 4.69) is 31.4 Å². The van der Waals surface area contributed by atoms with Crippen LogP contribution in [-0.4, -0.2) is 55.2 Å². The highest BCUT2D eigenvalue weighted by molar-refractivity contribution is 9.10. The van der Waals surface area contributed by atoms with Gasteiger partial charge in [0.1, 0.15) is 0 Å². The number of aromatic nitrogens is 1. The lowest BCUT2D eigenvalue weighted by atomic mass is 10.2. The van der Waals surface area contributed by atoms with Gasteiger partial charge in [0.2, 0.25) is 0 Å². The molecule has 2 rings (SSSR count). The number of likely N-dealkylation sites (N-methyl/N-ethyl adjacent to an activating group) is 1. The average Bonchev–Trinajstić information content (AvgIpc) is 2.68. The molecule has 1 N–H and O–H groups in total. The van der Waals surface area contributed by atoms with Crippen molar-refractivity contribution in [1.29, 1.82) is 0 Å². The van der Waals surface area contributed by atoms with Crippen molar-refractivity contribution in [2.24, 2.45) is 5.10 Å². The van der Waals surface area contributed by atoms with Crippen LogP contribution in [0.1, 0.15) is 22.8 Å². The van der Waals surface area contributed by atoms with Crippen molar-refractivity contribution in [3.8, 4) is 11.5 Å². The molecule has 9 heteroatoms. The van der Waals surface area contributed by atoms with Gasteiger partial charge in [-0.15, -0.1) is 0 Å². The van der Waals surface area contributed by atoms with Crippen LogP contribution in [0.15, 0.2) is 46.2 Å². The van der Waals surface area contributed by atoms with Gasteiger partial charge in [0.05, 0.1) is 17.3 Å². The van der Waals surface area contributed by atoms with Crippen molar-refractivity contribution in [2.75, 3.05) is 27.3 Å². The second-order valence-corrected chi connectivity index (χ2v) is 6.63. The highest BCUT2D eigenvalue weighted by Crippen LogP contribution is 2.36.